The lowest BCUT2D eigenvalue weighted by Gasteiger charge is -2.25. The molecule has 0 spiro atoms. The Hall–Kier alpha value is -3.06. The van der Waals surface area contributed by atoms with Crippen LogP contribution < -0.4 is 0 Å². The number of fused-ring (bicyclic) bond motifs is 2. The third-order valence-electron chi connectivity index (χ3n) is 4.12. The predicted octanol–water partition coefficient (Wildman–Crippen LogP) is 2.56. The maximum Gasteiger partial charge on any atom is 0.326 e. The molecule has 0 N–H and O–H groups in total. The van der Waals surface area contributed by atoms with Crippen molar-refractivity contribution in [2.24, 2.45) is 0 Å². The Morgan fingerprint density at radius 3 is 2.73 bits per heavy atom. The smallest absolute Gasteiger partial charge is 0.326 e. The van der Waals surface area contributed by atoms with Crippen molar-refractivity contribution in [3.05, 3.63) is 64.7 Å². The van der Waals surface area contributed by atoms with Crippen LogP contribution in [0.4, 0.5) is 0 Å². The van der Waals surface area contributed by atoms with Gasteiger partial charge in [-0.05, 0) is 23.8 Å². The number of esters is 1. The van der Waals surface area contributed by atoms with Crippen molar-refractivity contribution in [1.29, 1.82) is 0 Å². The van der Waals surface area contributed by atoms with Crippen molar-refractivity contribution in [3.8, 4) is 0 Å². The number of hydrogen-bond acceptors (Lipinski definition) is 6. The SMILES string of the molecule is O=C(CN1C(=O)Cc2ccccc2C1=O)OCc1nc2ccccc2s1. The van der Waals surface area contributed by atoms with E-state index < -0.39 is 24.3 Å². The number of benzene rings is 2. The summed E-state index contributed by atoms with van der Waals surface area (Å²) in [6.07, 6.45) is 0.104. The Labute approximate surface area is 153 Å². The maximum absolute atomic E-state index is 12.4. The molecule has 6 nitrogen and oxygen atoms in total. The molecule has 1 aromatic heterocycles. The Morgan fingerprint density at radius 1 is 1.12 bits per heavy atom. The summed E-state index contributed by atoms with van der Waals surface area (Å²) in [5.74, 6) is -1.50. The van der Waals surface area contributed by atoms with Crippen molar-refractivity contribution in [1.82, 2.24) is 9.88 Å². The van der Waals surface area contributed by atoms with Crippen LogP contribution in [0, 0.1) is 0 Å². The first-order valence-electron chi connectivity index (χ1n) is 8.04. The number of carbonyl (C=O) groups is 3. The van der Waals surface area contributed by atoms with Gasteiger partial charge in [0.05, 0.1) is 16.6 Å². The van der Waals surface area contributed by atoms with Gasteiger partial charge in [0.2, 0.25) is 5.91 Å². The highest BCUT2D eigenvalue weighted by Gasteiger charge is 2.32. The lowest BCUT2D eigenvalue weighted by Crippen LogP contribution is -2.45. The van der Waals surface area contributed by atoms with Crippen LogP contribution in [0.1, 0.15) is 20.9 Å². The minimum absolute atomic E-state index is 0.0188. The molecule has 130 valence electrons. The maximum atomic E-state index is 12.4. The molecule has 0 saturated carbocycles. The fourth-order valence-corrected chi connectivity index (χ4v) is 3.74. The fraction of sp³-hybridized carbons (Fsp3) is 0.158. The number of carbonyl (C=O) groups excluding carboxylic acids is 3. The number of para-hydroxylation sites is 1. The van der Waals surface area contributed by atoms with Gasteiger partial charge in [0.1, 0.15) is 18.2 Å². The van der Waals surface area contributed by atoms with Gasteiger partial charge >= 0.3 is 5.97 Å². The van der Waals surface area contributed by atoms with Gasteiger partial charge in [0.25, 0.3) is 5.91 Å². The standard InChI is InChI=1S/C19H14N2O4S/c22-17-9-12-5-1-2-6-13(12)19(24)21(17)10-18(23)25-11-16-20-14-7-3-4-8-15(14)26-16/h1-8H,9-11H2. The fourth-order valence-electron chi connectivity index (χ4n) is 2.86. The van der Waals surface area contributed by atoms with Crippen LogP contribution in [-0.4, -0.2) is 34.2 Å². The van der Waals surface area contributed by atoms with E-state index >= 15 is 0 Å². The van der Waals surface area contributed by atoms with E-state index in [2.05, 4.69) is 4.98 Å². The normalized spacial score (nSPS) is 13.8. The Balaban J connectivity index is 1.41. The van der Waals surface area contributed by atoms with E-state index in [1.54, 1.807) is 24.3 Å². The zero-order valence-corrected chi connectivity index (χ0v) is 14.5. The third-order valence-corrected chi connectivity index (χ3v) is 5.13. The molecule has 0 aliphatic carbocycles. The zero-order chi connectivity index (χ0) is 18.1. The van der Waals surface area contributed by atoms with E-state index in [1.165, 1.54) is 11.3 Å². The highest BCUT2D eigenvalue weighted by molar-refractivity contribution is 7.18. The molecule has 0 saturated heterocycles. The first kappa shape index (κ1) is 16.4. The highest BCUT2D eigenvalue weighted by atomic mass is 32.1. The van der Waals surface area contributed by atoms with E-state index in [0.717, 1.165) is 15.1 Å². The van der Waals surface area contributed by atoms with Crippen LogP contribution in [0.15, 0.2) is 48.5 Å². The number of imide groups is 1. The monoisotopic (exact) mass is 366 g/mol. The van der Waals surface area contributed by atoms with Gasteiger partial charge in [-0.1, -0.05) is 30.3 Å². The van der Waals surface area contributed by atoms with Crippen molar-refractivity contribution in [3.63, 3.8) is 0 Å². The summed E-state index contributed by atoms with van der Waals surface area (Å²) >= 11 is 1.44. The average molecular weight is 366 g/mol. The minimum Gasteiger partial charge on any atom is -0.457 e. The number of aromatic nitrogens is 1. The molecule has 0 fully saturated rings. The summed E-state index contributed by atoms with van der Waals surface area (Å²) in [7, 11) is 0. The molecule has 0 atom stereocenters. The highest BCUT2D eigenvalue weighted by Crippen LogP contribution is 2.22. The zero-order valence-electron chi connectivity index (χ0n) is 13.7. The molecule has 4 rings (SSSR count). The van der Waals surface area contributed by atoms with Gasteiger partial charge in [0, 0.05) is 5.56 Å². The molecule has 2 heterocycles. The van der Waals surface area contributed by atoms with Gasteiger partial charge < -0.3 is 4.74 Å². The summed E-state index contributed by atoms with van der Waals surface area (Å²) in [6.45, 7) is -0.373. The topological polar surface area (TPSA) is 76.6 Å². The largest absolute Gasteiger partial charge is 0.457 e. The van der Waals surface area contributed by atoms with Crippen molar-refractivity contribution in [2.45, 2.75) is 13.0 Å². The minimum atomic E-state index is -0.634. The summed E-state index contributed by atoms with van der Waals surface area (Å²) in [5.41, 5.74) is 1.98. The molecular formula is C19H14N2O4S. The van der Waals surface area contributed by atoms with E-state index in [1.807, 2.05) is 24.3 Å². The van der Waals surface area contributed by atoms with E-state index in [0.29, 0.717) is 16.1 Å². The number of nitrogens with zero attached hydrogens (tertiary/aromatic N) is 2. The number of ether oxygens (including phenoxy) is 1. The van der Waals surface area contributed by atoms with Crippen molar-refractivity contribution >= 4 is 39.3 Å². The molecular weight excluding hydrogens is 352 g/mol. The average Bonchev–Trinajstić information content (AvgIpc) is 3.06. The molecule has 0 radical (unpaired) electrons. The summed E-state index contributed by atoms with van der Waals surface area (Å²) < 4.78 is 6.22. The quantitative estimate of drug-likeness (QED) is 0.524. The van der Waals surface area contributed by atoms with Crippen LogP contribution in [-0.2, 0) is 27.4 Å². The molecule has 26 heavy (non-hydrogen) atoms. The van der Waals surface area contributed by atoms with E-state index in [-0.39, 0.29) is 13.0 Å². The first-order chi connectivity index (χ1) is 12.6. The van der Waals surface area contributed by atoms with Gasteiger partial charge in [-0.2, -0.15) is 0 Å². The molecule has 1 aliphatic rings. The van der Waals surface area contributed by atoms with Gasteiger partial charge in [-0.15, -0.1) is 11.3 Å². The van der Waals surface area contributed by atoms with E-state index in [9.17, 15) is 14.4 Å². The second-order valence-electron chi connectivity index (χ2n) is 5.85. The van der Waals surface area contributed by atoms with Gasteiger partial charge in [0.15, 0.2) is 0 Å². The van der Waals surface area contributed by atoms with Crippen LogP contribution in [0.2, 0.25) is 0 Å². The van der Waals surface area contributed by atoms with Crippen LogP contribution >= 0.6 is 11.3 Å². The third kappa shape index (κ3) is 3.09. The lowest BCUT2D eigenvalue weighted by molar-refractivity contribution is -0.149. The predicted molar refractivity (Wildman–Crippen MR) is 95.6 cm³/mol. The number of rotatable bonds is 4. The Morgan fingerprint density at radius 2 is 1.88 bits per heavy atom. The molecule has 0 unspecified atom stereocenters. The second-order valence-corrected chi connectivity index (χ2v) is 6.97. The summed E-state index contributed by atoms with van der Waals surface area (Å²) in [6, 6.07) is 14.6. The number of thiazole rings is 1. The molecule has 7 heteroatoms. The van der Waals surface area contributed by atoms with Crippen LogP contribution in [0.3, 0.4) is 0 Å². The van der Waals surface area contributed by atoms with Crippen molar-refractivity contribution in [2.75, 3.05) is 6.54 Å². The van der Waals surface area contributed by atoms with E-state index in [4.69, 9.17) is 4.74 Å². The van der Waals surface area contributed by atoms with Crippen molar-refractivity contribution < 1.29 is 19.1 Å². The van der Waals surface area contributed by atoms with Gasteiger partial charge in [-0.3, -0.25) is 19.3 Å². The summed E-state index contributed by atoms with van der Waals surface area (Å²) in [5, 5.41) is 0.668. The lowest BCUT2D eigenvalue weighted by atomic mass is 9.98. The van der Waals surface area contributed by atoms with Gasteiger partial charge in [-0.25, -0.2) is 4.98 Å². The summed E-state index contributed by atoms with van der Waals surface area (Å²) in [4.78, 5) is 42.1. The number of amides is 2. The van der Waals surface area contributed by atoms with Crippen LogP contribution in [0.5, 0.6) is 0 Å². The van der Waals surface area contributed by atoms with Crippen LogP contribution in [0.25, 0.3) is 10.2 Å². The second kappa shape index (κ2) is 6.68. The molecule has 0 bridgehead atoms. The molecule has 3 aromatic rings. The number of hydrogen-bond donors (Lipinski definition) is 0. The first-order valence-corrected chi connectivity index (χ1v) is 8.86. The Bertz CT molecular complexity index is 994. The molecule has 1 aliphatic heterocycles. The molecule has 2 aromatic carbocycles. The molecule has 2 amide bonds. The Kier molecular flexibility index (Phi) is 4.22.